The van der Waals surface area contributed by atoms with E-state index in [4.69, 9.17) is 9.26 Å². The molecule has 4 nitrogen and oxygen atoms in total. The third kappa shape index (κ3) is 2.08. The Hall–Kier alpha value is -1.32. The predicted molar refractivity (Wildman–Crippen MR) is 46.5 cm³/mol. The van der Waals surface area contributed by atoms with Gasteiger partial charge < -0.3 is 9.26 Å². The molecule has 0 aliphatic rings. The minimum absolute atomic E-state index is 0.165. The van der Waals surface area contributed by atoms with E-state index in [9.17, 15) is 4.79 Å². The Morgan fingerprint density at radius 2 is 2.38 bits per heavy atom. The van der Waals surface area contributed by atoms with Gasteiger partial charge in [-0.05, 0) is 12.8 Å². The minimum Gasteiger partial charge on any atom is -0.462 e. The van der Waals surface area contributed by atoms with Gasteiger partial charge in [-0.3, -0.25) is 0 Å². The van der Waals surface area contributed by atoms with E-state index in [-0.39, 0.29) is 11.9 Å². The molecule has 1 heterocycles. The summed E-state index contributed by atoms with van der Waals surface area (Å²) in [5, 5.41) is 3.74. The molecule has 0 saturated heterocycles. The molecular formula is C9H13NO3. The lowest BCUT2D eigenvalue weighted by molar-refractivity contribution is 0.0524. The molecule has 0 bridgehead atoms. The van der Waals surface area contributed by atoms with E-state index in [1.165, 1.54) is 6.26 Å². The van der Waals surface area contributed by atoms with Crippen LogP contribution in [0.15, 0.2) is 10.8 Å². The molecule has 0 aliphatic heterocycles. The van der Waals surface area contributed by atoms with Crippen LogP contribution in [0.25, 0.3) is 0 Å². The molecule has 0 atom stereocenters. The highest BCUT2D eigenvalue weighted by atomic mass is 16.5. The molecule has 0 fully saturated rings. The highest BCUT2D eigenvalue weighted by molar-refractivity contribution is 5.90. The van der Waals surface area contributed by atoms with Crippen LogP contribution >= 0.6 is 0 Å². The number of carbonyl (C=O) groups is 1. The summed E-state index contributed by atoms with van der Waals surface area (Å²) in [6.45, 7) is 6.02. The van der Waals surface area contributed by atoms with E-state index in [1.807, 2.05) is 13.8 Å². The molecule has 1 aromatic rings. The van der Waals surface area contributed by atoms with Gasteiger partial charge in [0.2, 0.25) is 0 Å². The topological polar surface area (TPSA) is 52.3 Å². The SMILES string of the molecule is CCOC(=O)c1conc1C(C)C. The summed E-state index contributed by atoms with van der Waals surface area (Å²) in [4.78, 5) is 11.3. The summed E-state index contributed by atoms with van der Waals surface area (Å²) in [5.74, 6) is -0.203. The van der Waals surface area contributed by atoms with Crippen molar-refractivity contribution in [2.75, 3.05) is 6.61 Å². The van der Waals surface area contributed by atoms with Crippen molar-refractivity contribution in [3.8, 4) is 0 Å². The van der Waals surface area contributed by atoms with Gasteiger partial charge in [-0.1, -0.05) is 19.0 Å². The standard InChI is InChI=1S/C9H13NO3/c1-4-12-9(11)7-5-13-10-8(7)6(2)3/h5-6H,4H2,1-3H3. The Bertz CT molecular complexity index is 291. The Morgan fingerprint density at radius 3 is 2.92 bits per heavy atom. The van der Waals surface area contributed by atoms with Crippen molar-refractivity contribution >= 4 is 5.97 Å². The Balaban J connectivity index is 2.87. The summed E-state index contributed by atoms with van der Waals surface area (Å²) >= 11 is 0. The molecule has 0 radical (unpaired) electrons. The number of rotatable bonds is 3. The summed E-state index contributed by atoms with van der Waals surface area (Å²) in [7, 11) is 0. The van der Waals surface area contributed by atoms with Gasteiger partial charge in [0.1, 0.15) is 17.5 Å². The van der Waals surface area contributed by atoms with Gasteiger partial charge in [-0.15, -0.1) is 0 Å². The fraction of sp³-hybridized carbons (Fsp3) is 0.556. The van der Waals surface area contributed by atoms with Crippen LogP contribution in [-0.2, 0) is 4.74 Å². The van der Waals surface area contributed by atoms with E-state index in [2.05, 4.69) is 5.16 Å². The first-order chi connectivity index (χ1) is 6.16. The number of aromatic nitrogens is 1. The van der Waals surface area contributed by atoms with E-state index < -0.39 is 0 Å². The molecule has 0 N–H and O–H groups in total. The lowest BCUT2D eigenvalue weighted by Crippen LogP contribution is -2.07. The molecule has 0 saturated carbocycles. The first-order valence-corrected chi connectivity index (χ1v) is 4.28. The molecular weight excluding hydrogens is 170 g/mol. The molecule has 72 valence electrons. The second-order valence-corrected chi connectivity index (χ2v) is 2.99. The van der Waals surface area contributed by atoms with Gasteiger partial charge in [0.15, 0.2) is 0 Å². The predicted octanol–water partition coefficient (Wildman–Crippen LogP) is 1.97. The quantitative estimate of drug-likeness (QED) is 0.672. The second-order valence-electron chi connectivity index (χ2n) is 2.99. The summed E-state index contributed by atoms with van der Waals surface area (Å²) in [5.41, 5.74) is 1.08. The van der Waals surface area contributed by atoms with Gasteiger partial charge in [-0.25, -0.2) is 4.79 Å². The van der Waals surface area contributed by atoms with Crippen LogP contribution in [0, 0.1) is 0 Å². The Kier molecular flexibility index (Phi) is 3.06. The van der Waals surface area contributed by atoms with Crippen LogP contribution in [0.2, 0.25) is 0 Å². The van der Waals surface area contributed by atoms with Crippen molar-refractivity contribution in [2.24, 2.45) is 0 Å². The van der Waals surface area contributed by atoms with Gasteiger partial charge in [-0.2, -0.15) is 0 Å². The molecule has 1 rings (SSSR count). The lowest BCUT2D eigenvalue weighted by atomic mass is 10.1. The number of esters is 1. The minimum atomic E-state index is -0.368. The summed E-state index contributed by atoms with van der Waals surface area (Å²) in [6.07, 6.45) is 1.33. The normalized spacial score (nSPS) is 10.5. The molecule has 0 aliphatic carbocycles. The maximum absolute atomic E-state index is 11.3. The summed E-state index contributed by atoms with van der Waals surface area (Å²) in [6, 6.07) is 0. The number of ether oxygens (including phenoxy) is 1. The van der Waals surface area contributed by atoms with E-state index in [1.54, 1.807) is 6.92 Å². The zero-order valence-corrected chi connectivity index (χ0v) is 8.03. The second kappa shape index (κ2) is 4.07. The maximum atomic E-state index is 11.3. The van der Waals surface area contributed by atoms with Crippen LogP contribution in [0.3, 0.4) is 0 Å². The van der Waals surface area contributed by atoms with Gasteiger partial charge >= 0.3 is 5.97 Å². The number of hydrogen-bond acceptors (Lipinski definition) is 4. The molecule has 0 aromatic carbocycles. The molecule has 13 heavy (non-hydrogen) atoms. The molecule has 1 aromatic heterocycles. The first-order valence-electron chi connectivity index (χ1n) is 4.28. The maximum Gasteiger partial charge on any atom is 0.343 e. The highest BCUT2D eigenvalue weighted by Crippen LogP contribution is 2.17. The van der Waals surface area contributed by atoms with Gasteiger partial charge in [0, 0.05) is 0 Å². The Labute approximate surface area is 76.9 Å². The number of carbonyl (C=O) groups excluding carboxylic acids is 1. The van der Waals surface area contributed by atoms with E-state index in [0.717, 1.165) is 0 Å². The van der Waals surface area contributed by atoms with Crippen LogP contribution in [0.5, 0.6) is 0 Å². The van der Waals surface area contributed by atoms with Crippen molar-refractivity contribution < 1.29 is 14.1 Å². The fourth-order valence-corrected chi connectivity index (χ4v) is 1.02. The lowest BCUT2D eigenvalue weighted by Gasteiger charge is -2.02. The molecule has 0 amide bonds. The van der Waals surface area contributed by atoms with Crippen molar-refractivity contribution in [1.82, 2.24) is 5.16 Å². The summed E-state index contributed by atoms with van der Waals surface area (Å²) < 4.78 is 9.56. The van der Waals surface area contributed by atoms with Crippen molar-refractivity contribution in [1.29, 1.82) is 0 Å². The average Bonchev–Trinajstić information content (AvgIpc) is 2.52. The van der Waals surface area contributed by atoms with E-state index >= 15 is 0 Å². The first kappa shape index (κ1) is 9.77. The molecule has 0 spiro atoms. The van der Waals surface area contributed by atoms with E-state index in [0.29, 0.717) is 17.9 Å². The van der Waals surface area contributed by atoms with Crippen molar-refractivity contribution in [3.05, 3.63) is 17.5 Å². The van der Waals surface area contributed by atoms with Crippen LogP contribution < -0.4 is 0 Å². The zero-order chi connectivity index (χ0) is 9.84. The van der Waals surface area contributed by atoms with Crippen LogP contribution in [0.4, 0.5) is 0 Å². The number of nitrogens with zero attached hydrogens (tertiary/aromatic N) is 1. The highest BCUT2D eigenvalue weighted by Gasteiger charge is 2.18. The average molecular weight is 183 g/mol. The van der Waals surface area contributed by atoms with Crippen LogP contribution in [-0.4, -0.2) is 17.7 Å². The molecule has 4 heteroatoms. The largest absolute Gasteiger partial charge is 0.462 e. The van der Waals surface area contributed by atoms with Crippen molar-refractivity contribution in [2.45, 2.75) is 26.7 Å². The van der Waals surface area contributed by atoms with Gasteiger partial charge in [0.25, 0.3) is 0 Å². The third-order valence-corrected chi connectivity index (χ3v) is 1.64. The zero-order valence-electron chi connectivity index (χ0n) is 8.03. The van der Waals surface area contributed by atoms with Crippen LogP contribution in [0.1, 0.15) is 42.7 Å². The Morgan fingerprint density at radius 1 is 1.69 bits per heavy atom. The monoisotopic (exact) mass is 183 g/mol. The molecule has 0 unspecified atom stereocenters. The fourth-order valence-electron chi connectivity index (χ4n) is 1.02. The third-order valence-electron chi connectivity index (χ3n) is 1.64. The number of hydrogen-bond donors (Lipinski definition) is 0. The smallest absolute Gasteiger partial charge is 0.343 e. The van der Waals surface area contributed by atoms with Crippen molar-refractivity contribution in [3.63, 3.8) is 0 Å². The van der Waals surface area contributed by atoms with Gasteiger partial charge in [0.05, 0.1) is 6.61 Å².